The summed E-state index contributed by atoms with van der Waals surface area (Å²) in [6.45, 7) is 0. The third kappa shape index (κ3) is 92.1. The topological polar surface area (TPSA) is 60.4 Å². The summed E-state index contributed by atoms with van der Waals surface area (Å²) in [6, 6.07) is 0. The molecule has 40 valence electrons. The Labute approximate surface area is 111 Å². The fourth-order valence-electron chi connectivity index (χ4n) is 0. The van der Waals surface area contributed by atoms with E-state index in [1.807, 2.05) is 0 Å². The second-order valence-corrected chi connectivity index (χ2v) is 0.266. The van der Waals surface area contributed by atoms with Crippen molar-refractivity contribution in [2.75, 3.05) is 0 Å². The van der Waals surface area contributed by atoms with Crippen molar-refractivity contribution in [3.63, 3.8) is 0 Å². The number of carbonyl (C=O) groups is 1. The molecule has 7 heteroatoms. The molecule has 0 atom stereocenters. The van der Waals surface area contributed by atoms with E-state index in [0.717, 1.165) is 0 Å². The van der Waals surface area contributed by atoms with Gasteiger partial charge in [-0.2, -0.15) is 0 Å². The number of hydrogen-bond acceptors (Lipinski definition) is 2. The van der Waals surface area contributed by atoms with E-state index < -0.39 is 6.16 Å². The van der Waals surface area contributed by atoms with Crippen molar-refractivity contribution in [1.29, 1.82) is 0 Å². The predicted octanol–water partition coefficient (Wildman–Crippen LogP) is -10.5. The number of halogens is 2. The fourth-order valence-corrected chi connectivity index (χ4v) is 0. The summed E-state index contributed by atoms with van der Waals surface area (Å²) in [5, 5.41) is 15.3. The van der Waals surface area contributed by atoms with Gasteiger partial charge < -0.3 is 39.8 Å². The van der Waals surface area contributed by atoms with Crippen molar-refractivity contribution < 1.29 is 69.4 Å². The van der Waals surface area contributed by atoms with Gasteiger partial charge in [-0.25, -0.2) is 0 Å². The summed E-state index contributed by atoms with van der Waals surface area (Å²) in [4.78, 5) is 8.44. The monoisotopic (exact) mass is 194 g/mol. The molecule has 0 radical (unpaired) electrons. The Morgan fingerprint density at radius 3 is 1.38 bits per heavy atom. The molecule has 0 heterocycles. The first kappa shape index (κ1) is 32.1. The minimum Gasteiger partial charge on any atom is -1.00 e. The van der Waals surface area contributed by atoms with E-state index in [2.05, 4.69) is 0 Å². The van der Waals surface area contributed by atoms with E-state index in [-0.39, 0.29) is 92.1 Å². The fraction of sp³-hybridized carbons (Fsp3) is 0. The standard InChI is InChI=1S/CH2O3.Ca.2ClH.Na/c2-1(3)4;;;;/h(H2,2,3,4);;2*1H;/q;+2;;;+1/p-3. The Kier molecular flexibility index (Phi) is 92.2. The molecule has 1 N–H and O–H groups in total. The molecule has 8 heavy (non-hydrogen) atoms. The van der Waals surface area contributed by atoms with Crippen LogP contribution in [0, 0.1) is 0 Å². The molecule has 0 aromatic heterocycles. The number of rotatable bonds is 0. The Balaban J connectivity index is -0.00000000750. The van der Waals surface area contributed by atoms with E-state index in [1.165, 1.54) is 0 Å². The molecule has 0 amide bonds. The van der Waals surface area contributed by atoms with Gasteiger partial charge in [0.25, 0.3) is 0 Å². The summed E-state index contributed by atoms with van der Waals surface area (Å²) in [5.74, 6) is 0. The van der Waals surface area contributed by atoms with Crippen LogP contribution in [0.3, 0.4) is 0 Å². The summed E-state index contributed by atoms with van der Waals surface area (Å²) < 4.78 is 0. The first-order chi connectivity index (χ1) is 1.73. The first-order valence-electron chi connectivity index (χ1n) is 0.632. The zero-order valence-corrected chi connectivity index (χ0v) is 9.95. The van der Waals surface area contributed by atoms with Crippen LogP contribution in [-0.4, -0.2) is 49.0 Å². The average Bonchev–Trinajstić information content (AvgIpc) is 0.811. The molecule has 0 fully saturated rings. The third-order valence-electron chi connectivity index (χ3n) is 0. The van der Waals surface area contributed by atoms with Crippen molar-refractivity contribution in [2.45, 2.75) is 0 Å². The Bertz CT molecular complexity index is 40.3. The van der Waals surface area contributed by atoms with Crippen LogP contribution in [0.25, 0.3) is 0 Å². The molecule has 0 spiro atoms. The summed E-state index contributed by atoms with van der Waals surface area (Å²) in [5.41, 5.74) is 0. The maximum atomic E-state index is 8.44. The Hall–Kier alpha value is 2.11. The molecule has 0 rings (SSSR count). The zero-order valence-electron chi connectivity index (χ0n) is 4.23. The average molecular weight is 195 g/mol. The normalized spacial score (nSPS) is 3.00. The molecule has 0 aliphatic carbocycles. The van der Waals surface area contributed by atoms with Crippen molar-refractivity contribution in [2.24, 2.45) is 0 Å². The number of hydrogen-bond donors (Lipinski definition) is 1. The molecule has 0 aliphatic rings. The van der Waals surface area contributed by atoms with Gasteiger partial charge in [0.05, 0.1) is 0 Å². The van der Waals surface area contributed by atoms with Crippen LogP contribution in [0.2, 0.25) is 0 Å². The minimum atomic E-state index is -2.08. The third-order valence-corrected chi connectivity index (χ3v) is 0. The molecule has 0 unspecified atom stereocenters. The Morgan fingerprint density at radius 2 is 1.38 bits per heavy atom. The van der Waals surface area contributed by atoms with Gasteiger partial charge in [0, 0.05) is 0 Å². The van der Waals surface area contributed by atoms with Gasteiger partial charge in [0.1, 0.15) is 0 Å². The van der Waals surface area contributed by atoms with Crippen LogP contribution >= 0.6 is 0 Å². The van der Waals surface area contributed by atoms with Gasteiger partial charge in [-0.3, -0.25) is 0 Å². The van der Waals surface area contributed by atoms with Gasteiger partial charge >= 0.3 is 67.3 Å². The summed E-state index contributed by atoms with van der Waals surface area (Å²) in [6.07, 6.45) is -2.08. The van der Waals surface area contributed by atoms with Crippen molar-refractivity contribution in [3.05, 3.63) is 0 Å². The quantitative estimate of drug-likeness (QED) is 0.390. The molecule has 0 aliphatic heterocycles. The molecule has 0 aromatic carbocycles. The molecule has 0 saturated heterocycles. The second kappa shape index (κ2) is 22.9. The SMILES string of the molecule is O=C([O-])O.[Ca+2].[Cl-].[Cl-].[Na+]. The maximum absolute atomic E-state index is 8.44. The van der Waals surface area contributed by atoms with Gasteiger partial charge in [-0.05, 0) is 0 Å². The largest absolute Gasteiger partial charge is 2.00 e. The van der Waals surface area contributed by atoms with E-state index in [4.69, 9.17) is 15.0 Å². The molecule has 0 bridgehead atoms. The summed E-state index contributed by atoms with van der Waals surface area (Å²) >= 11 is 0. The van der Waals surface area contributed by atoms with Crippen LogP contribution in [0.4, 0.5) is 4.79 Å². The molecular formula is CHCaCl2NaO3. The van der Waals surface area contributed by atoms with Gasteiger partial charge in [0.15, 0.2) is 0 Å². The zero-order chi connectivity index (χ0) is 3.58. The second-order valence-electron chi connectivity index (χ2n) is 0.266. The van der Waals surface area contributed by atoms with E-state index in [1.54, 1.807) is 0 Å². The van der Waals surface area contributed by atoms with Crippen LogP contribution in [0.1, 0.15) is 0 Å². The van der Waals surface area contributed by atoms with E-state index in [9.17, 15) is 0 Å². The van der Waals surface area contributed by atoms with E-state index >= 15 is 0 Å². The summed E-state index contributed by atoms with van der Waals surface area (Å²) in [7, 11) is 0. The van der Waals surface area contributed by atoms with E-state index in [0.29, 0.717) is 0 Å². The van der Waals surface area contributed by atoms with Gasteiger partial charge in [-0.1, -0.05) is 0 Å². The molecule has 3 nitrogen and oxygen atoms in total. The van der Waals surface area contributed by atoms with Crippen LogP contribution in [0.5, 0.6) is 0 Å². The predicted molar refractivity (Wildman–Crippen MR) is 13.8 cm³/mol. The van der Waals surface area contributed by atoms with Gasteiger partial charge in [0.2, 0.25) is 6.16 Å². The maximum Gasteiger partial charge on any atom is 2.00 e. The number of carboxylic acid groups (broad SMARTS) is 2. The molecule has 0 saturated carbocycles. The minimum absolute atomic E-state index is 0. The smallest absolute Gasteiger partial charge is 1.00 e. The molecular weight excluding hydrogens is 194 g/mol. The Morgan fingerprint density at radius 1 is 1.38 bits per heavy atom. The van der Waals surface area contributed by atoms with Gasteiger partial charge in [-0.15, -0.1) is 0 Å². The molecule has 0 aromatic rings. The first-order valence-corrected chi connectivity index (χ1v) is 0.632. The van der Waals surface area contributed by atoms with Crippen LogP contribution in [0.15, 0.2) is 0 Å². The van der Waals surface area contributed by atoms with Crippen LogP contribution in [-0.2, 0) is 0 Å². The van der Waals surface area contributed by atoms with Crippen molar-refractivity contribution in [1.82, 2.24) is 0 Å². The van der Waals surface area contributed by atoms with Crippen LogP contribution < -0.4 is 59.5 Å². The van der Waals surface area contributed by atoms with Crippen molar-refractivity contribution >= 4 is 43.9 Å². The van der Waals surface area contributed by atoms with Crippen molar-refractivity contribution in [3.8, 4) is 0 Å².